The van der Waals surface area contributed by atoms with Crippen LogP contribution in [-0.2, 0) is 6.42 Å². The Morgan fingerprint density at radius 3 is 2.56 bits per heavy atom. The molecule has 1 heterocycles. The van der Waals surface area contributed by atoms with Crippen LogP contribution in [0.15, 0.2) is 59.0 Å². The summed E-state index contributed by atoms with van der Waals surface area (Å²) < 4.78 is 0. The van der Waals surface area contributed by atoms with Gasteiger partial charge in [-0.2, -0.15) is 5.10 Å². The lowest BCUT2D eigenvalue weighted by Crippen LogP contribution is -1.91. The van der Waals surface area contributed by atoms with Crippen LogP contribution in [0.5, 0.6) is 0 Å². The molecule has 0 saturated heterocycles. The van der Waals surface area contributed by atoms with Gasteiger partial charge < -0.3 is 0 Å². The lowest BCUT2D eigenvalue weighted by atomic mass is 10.1. The highest BCUT2D eigenvalue weighted by molar-refractivity contribution is 7.14. The first kappa shape index (κ1) is 16.8. The molecule has 25 heavy (non-hydrogen) atoms. The van der Waals surface area contributed by atoms with Gasteiger partial charge in [-0.1, -0.05) is 31.2 Å². The van der Waals surface area contributed by atoms with Crippen LogP contribution in [0.1, 0.15) is 18.1 Å². The molecule has 1 aromatic heterocycles. The summed E-state index contributed by atoms with van der Waals surface area (Å²) in [6.07, 6.45) is 2.61. The Balaban J connectivity index is 1.63. The van der Waals surface area contributed by atoms with Crippen LogP contribution >= 0.6 is 11.3 Å². The van der Waals surface area contributed by atoms with Crippen LogP contribution < -0.4 is 5.43 Å². The van der Waals surface area contributed by atoms with Crippen molar-refractivity contribution in [3.8, 4) is 11.3 Å². The van der Waals surface area contributed by atoms with Crippen molar-refractivity contribution in [2.24, 2.45) is 5.10 Å². The lowest BCUT2D eigenvalue weighted by Gasteiger charge is -1.99. The number of anilines is 1. The fraction of sp³-hybridized carbons (Fsp3) is 0.111. The van der Waals surface area contributed by atoms with Crippen LogP contribution in [0.3, 0.4) is 0 Å². The molecule has 0 bridgehead atoms. The van der Waals surface area contributed by atoms with E-state index < -0.39 is 4.92 Å². The van der Waals surface area contributed by atoms with E-state index in [1.165, 1.54) is 29.0 Å². The van der Waals surface area contributed by atoms with Crippen LogP contribution in [0.25, 0.3) is 11.3 Å². The minimum Gasteiger partial charge on any atom is -0.258 e. The van der Waals surface area contributed by atoms with E-state index in [1.807, 2.05) is 5.38 Å². The van der Waals surface area contributed by atoms with Gasteiger partial charge in [0.2, 0.25) is 5.13 Å². The van der Waals surface area contributed by atoms with Crippen LogP contribution in [0.4, 0.5) is 10.8 Å². The van der Waals surface area contributed by atoms with Gasteiger partial charge >= 0.3 is 0 Å². The highest BCUT2D eigenvalue weighted by Crippen LogP contribution is 2.25. The van der Waals surface area contributed by atoms with Crippen LogP contribution in [0, 0.1) is 10.1 Å². The Bertz CT molecular complexity index is 886. The molecule has 126 valence electrons. The molecule has 0 aliphatic carbocycles. The smallest absolute Gasteiger partial charge is 0.258 e. The summed E-state index contributed by atoms with van der Waals surface area (Å²) in [6, 6.07) is 14.5. The maximum Gasteiger partial charge on any atom is 0.269 e. The first-order valence-electron chi connectivity index (χ1n) is 7.74. The third kappa shape index (κ3) is 4.27. The van der Waals surface area contributed by atoms with Crippen molar-refractivity contribution >= 4 is 28.4 Å². The van der Waals surface area contributed by atoms with Gasteiger partial charge in [-0.3, -0.25) is 15.5 Å². The van der Waals surface area contributed by atoms with Crippen molar-refractivity contribution in [2.75, 3.05) is 5.43 Å². The van der Waals surface area contributed by atoms with Crippen LogP contribution in [0.2, 0.25) is 0 Å². The molecular weight excluding hydrogens is 336 g/mol. The van der Waals surface area contributed by atoms with Crippen molar-refractivity contribution in [1.29, 1.82) is 0 Å². The minimum atomic E-state index is -0.427. The van der Waals surface area contributed by atoms with E-state index in [0.29, 0.717) is 5.13 Å². The number of nitrogens with zero attached hydrogens (tertiary/aromatic N) is 3. The normalized spacial score (nSPS) is 10.9. The number of thiazole rings is 1. The maximum absolute atomic E-state index is 10.6. The summed E-state index contributed by atoms with van der Waals surface area (Å²) >= 11 is 1.47. The number of hydrogen-bond donors (Lipinski definition) is 1. The monoisotopic (exact) mass is 352 g/mol. The summed E-state index contributed by atoms with van der Waals surface area (Å²) in [4.78, 5) is 14.7. The highest BCUT2D eigenvalue weighted by Gasteiger charge is 2.04. The second-order valence-electron chi connectivity index (χ2n) is 5.31. The molecule has 0 aliphatic heterocycles. The zero-order valence-electron chi connectivity index (χ0n) is 13.5. The third-order valence-electron chi connectivity index (χ3n) is 3.64. The summed E-state index contributed by atoms with van der Waals surface area (Å²) in [5.74, 6) is 0. The van der Waals surface area contributed by atoms with Gasteiger partial charge in [0, 0.05) is 23.1 Å². The van der Waals surface area contributed by atoms with Crippen molar-refractivity contribution in [2.45, 2.75) is 13.3 Å². The fourth-order valence-corrected chi connectivity index (χ4v) is 2.88. The van der Waals surface area contributed by atoms with Crippen molar-refractivity contribution in [3.05, 3.63) is 75.2 Å². The van der Waals surface area contributed by atoms with Gasteiger partial charge in [-0.15, -0.1) is 11.3 Å². The Kier molecular flexibility index (Phi) is 5.15. The quantitative estimate of drug-likeness (QED) is 0.395. The molecule has 0 saturated carbocycles. The average Bonchev–Trinajstić information content (AvgIpc) is 3.11. The first-order valence-corrected chi connectivity index (χ1v) is 8.62. The molecule has 3 aromatic rings. The Hall–Kier alpha value is -3.06. The predicted molar refractivity (Wildman–Crippen MR) is 101 cm³/mol. The molecule has 0 amide bonds. The Morgan fingerprint density at radius 1 is 1.20 bits per heavy atom. The number of nitrogens with one attached hydrogen (secondary N) is 1. The third-order valence-corrected chi connectivity index (χ3v) is 4.39. The number of benzene rings is 2. The highest BCUT2D eigenvalue weighted by atomic mass is 32.1. The number of rotatable bonds is 6. The van der Waals surface area contributed by atoms with E-state index >= 15 is 0 Å². The molecule has 7 heteroatoms. The molecule has 1 N–H and O–H groups in total. The molecule has 0 fully saturated rings. The van der Waals surface area contributed by atoms with Gasteiger partial charge in [-0.05, 0) is 29.7 Å². The summed E-state index contributed by atoms with van der Waals surface area (Å²) in [7, 11) is 0. The maximum atomic E-state index is 10.6. The van der Waals surface area contributed by atoms with E-state index in [2.05, 4.69) is 46.7 Å². The lowest BCUT2D eigenvalue weighted by molar-refractivity contribution is -0.384. The summed E-state index contributed by atoms with van der Waals surface area (Å²) in [5, 5.41) is 17.4. The summed E-state index contributed by atoms with van der Waals surface area (Å²) in [6.45, 7) is 2.13. The largest absolute Gasteiger partial charge is 0.269 e. The van der Waals surface area contributed by atoms with Gasteiger partial charge in [0.05, 0.1) is 16.8 Å². The Labute approximate surface area is 149 Å². The summed E-state index contributed by atoms with van der Waals surface area (Å²) in [5.41, 5.74) is 6.98. The molecule has 0 spiro atoms. The van der Waals surface area contributed by atoms with Gasteiger partial charge in [0.1, 0.15) is 0 Å². The van der Waals surface area contributed by atoms with E-state index in [-0.39, 0.29) is 5.69 Å². The van der Waals surface area contributed by atoms with Crippen molar-refractivity contribution in [1.82, 2.24) is 4.98 Å². The number of aryl methyl sites for hydroxylation is 1. The molecule has 0 atom stereocenters. The fourth-order valence-electron chi connectivity index (χ4n) is 2.21. The molecule has 3 rings (SSSR count). The van der Waals surface area contributed by atoms with E-state index in [1.54, 1.807) is 18.3 Å². The topological polar surface area (TPSA) is 80.4 Å². The van der Waals surface area contributed by atoms with Gasteiger partial charge in [-0.25, -0.2) is 4.98 Å². The van der Waals surface area contributed by atoms with E-state index in [0.717, 1.165) is 23.2 Å². The number of hydrazone groups is 1. The van der Waals surface area contributed by atoms with Crippen molar-refractivity contribution in [3.63, 3.8) is 0 Å². The van der Waals surface area contributed by atoms with Crippen LogP contribution in [-0.4, -0.2) is 16.1 Å². The standard InChI is InChI=1S/C18H16N4O2S/c1-2-13-3-7-15(8-4-13)17-12-25-18(20-17)21-19-11-14-5-9-16(10-6-14)22(23)24/h3-12H,2H2,1H3,(H,20,21)/b19-11+. The SMILES string of the molecule is CCc1ccc(-c2csc(N/N=C/c3ccc([N+](=O)[O-])cc3)n2)cc1. The first-order chi connectivity index (χ1) is 12.2. The number of hydrogen-bond acceptors (Lipinski definition) is 6. The van der Waals surface area contributed by atoms with Crippen molar-refractivity contribution < 1.29 is 4.92 Å². The minimum absolute atomic E-state index is 0.0590. The van der Waals surface area contributed by atoms with Gasteiger partial charge in [0.25, 0.3) is 5.69 Å². The Morgan fingerprint density at radius 2 is 1.92 bits per heavy atom. The second-order valence-corrected chi connectivity index (χ2v) is 6.17. The number of nitro groups is 1. The molecular formula is C18H16N4O2S. The number of non-ortho nitro benzene ring substituents is 1. The zero-order valence-corrected chi connectivity index (χ0v) is 14.4. The number of nitro benzene ring substituents is 1. The molecule has 0 unspecified atom stereocenters. The zero-order chi connectivity index (χ0) is 17.6. The average molecular weight is 352 g/mol. The van der Waals surface area contributed by atoms with Gasteiger partial charge in [0.15, 0.2) is 0 Å². The molecule has 2 aromatic carbocycles. The number of aromatic nitrogens is 1. The van der Waals surface area contributed by atoms with E-state index in [4.69, 9.17) is 0 Å². The molecule has 0 aliphatic rings. The molecule has 6 nitrogen and oxygen atoms in total. The molecule has 0 radical (unpaired) electrons. The predicted octanol–water partition coefficient (Wildman–Crippen LogP) is 4.73. The van der Waals surface area contributed by atoms with E-state index in [9.17, 15) is 10.1 Å². The second kappa shape index (κ2) is 7.67.